The first-order valence-corrected chi connectivity index (χ1v) is 6.67. The molecule has 98 valence electrons. The van der Waals surface area contributed by atoms with Gasteiger partial charge in [0, 0.05) is 6.20 Å². The number of pyridine rings is 1. The van der Waals surface area contributed by atoms with E-state index >= 15 is 0 Å². The van der Waals surface area contributed by atoms with E-state index in [1.807, 2.05) is 6.07 Å². The Hall–Kier alpha value is -1.97. The van der Waals surface area contributed by atoms with Gasteiger partial charge in [-0.1, -0.05) is 17.7 Å². The number of nitrogens with zero attached hydrogens (tertiary/aromatic N) is 4. The van der Waals surface area contributed by atoms with Crippen LogP contribution in [0.1, 0.15) is 5.56 Å². The highest BCUT2D eigenvalue weighted by molar-refractivity contribution is 9.10. The first-order valence-electron chi connectivity index (χ1n) is 5.50. The van der Waals surface area contributed by atoms with E-state index in [2.05, 4.69) is 26.0 Å². The Labute approximate surface area is 126 Å². The lowest BCUT2D eigenvalue weighted by atomic mass is 10.2. The maximum absolute atomic E-state index is 13.7. The third-order valence-corrected chi connectivity index (χ3v) is 3.73. The summed E-state index contributed by atoms with van der Waals surface area (Å²) < 4.78 is 15.6. The Balaban J connectivity index is 2.35. The van der Waals surface area contributed by atoms with E-state index < -0.39 is 5.82 Å². The van der Waals surface area contributed by atoms with Crippen molar-refractivity contribution in [1.82, 2.24) is 14.8 Å². The second kappa shape index (κ2) is 4.85. The molecule has 3 aromatic rings. The highest BCUT2D eigenvalue weighted by Crippen LogP contribution is 2.28. The van der Waals surface area contributed by atoms with Crippen LogP contribution in [0.2, 0.25) is 5.02 Å². The molecule has 0 bridgehead atoms. The SMILES string of the molecule is N#Cc1cccc(Cl)c1-n1cc2c(Br)ncc(F)c2n1. The number of hydrogen-bond donors (Lipinski definition) is 0. The van der Waals surface area contributed by atoms with Gasteiger partial charge in [-0.3, -0.25) is 0 Å². The van der Waals surface area contributed by atoms with Crippen molar-refractivity contribution in [1.29, 1.82) is 5.26 Å². The summed E-state index contributed by atoms with van der Waals surface area (Å²) >= 11 is 9.36. The molecule has 0 amide bonds. The van der Waals surface area contributed by atoms with Gasteiger partial charge < -0.3 is 0 Å². The Morgan fingerprint density at radius 1 is 1.40 bits per heavy atom. The zero-order valence-corrected chi connectivity index (χ0v) is 12.2. The second-order valence-electron chi connectivity index (χ2n) is 3.98. The van der Waals surface area contributed by atoms with Gasteiger partial charge in [0.05, 0.1) is 22.2 Å². The molecule has 0 saturated carbocycles. The van der Waals surface area contributed by atoms with Gasteiger partial charge in [-0.05, 0) is 28.1 Å². The van der Waals surface area contributed by atoms with Gasteiger partial charge in [0.2, 0.25) is 0 Å². The van der Waals surface area contributed by atoms with E-state index in [0.29, 0.717) is 26.3 Å². The van der Waals surface area contributed by atoms with Crippen LogP contribution in [0.3, 0.4) is 0 Å². The van der Waals surface area contributed by atoms with Crippen LogP contribution in [-0.2, 0) is 0 Å². The minimum atomic E-state index is -0.535. The minimum absolute atomic E-state index is 0.163. The van der Waals surface area contributed by atoms with Crippen molar-refractivity contribution in [3.63, 3.8) is 0 Å². The summed E-state index contributed by atoms with van der Waals surface area (Å²) in [5.41, 5.74) is 0.935. The summed E-state index contributed by atoms with van der Waals surface area (Å²) in [6.45, 7) is 0. The van der Waals surface area contributed by atoms with Crippen molar-refractivity contribution in [3.8, 4) is 11.8 Å². The van der Waals surface area contributed by atoms with Crippen LogP contribution in [0.4, 0.5) is 4.39 Å². The zero-order chi connectivity index (χ0) is 14.3. The largest absolute Gasteiger partial charge is 0.245 e. The summed E-state index contributed by atoms with van der Waals surface area (Å²) in [6.07, 6.45) is 2.67. The number of hydrogen-bond acceptors (Lipinski definition) is 3. The van der Waals surface area contributed by atoms with Gasteiger partial charge in [-0.15, -0.1) is 0 Å². The molecule has 0 spiro atoms. The van der Waals surface area contributed by atoms with Crippen molar-refractivity contribution in [2.45, 2.75) is 0 Å². The molecule has 20 heavy (non-hydrogen) atoms. The van der Waals surface area contributed by atoms with Crippen LogP contribution < -0.4 is 0 Å². The van der Waals surface area contributed by atoms with Gasteiger partial charge >= 0.3 is 0 Å². The van der Waals surface area contributed by atoms with E-state index in [4.69, 9.17) is 16.9 Å². The van der Waals surface area contributed by atoms with Gasteiger partial charge in [-0.2, -0.15) is 10.4 Å². The number of fused-ring (bicyclic) bond motifs is 1. The summed E-state index contributed by atoms with van der Waals surface area (Å²) in [7, 11) is 0. The standard InChI is InChI=1S/C13H5BrClFN4/c14-13-8-6-20(19-11(8)10(16)5-18-13)12-7(4-17)2-1-3-9(12)15/h1-3,5-6H. The molecule has 0 aliphatic heterocycles. The first-order chi connectivity index (χ1) is 9.61. The predicted octanol–water partition coefficient (Wildman–Crippen LogP) is 3.85. The molecule has 0 fully saturated rings. The smallest absolute Gasteiger partial charge is 0.169 e. The van der Waals surface area contributed by atoms with Crippen LogP contribution in [0.15, 0.2) is 35.2 Å². The molecule has 1 aromatic carbocycles. The topological polar surface area (TPSA) is 54.5 Å². The molecule has 3 rings (SSSR count). The summed E-state index contributed by atoms with van der Waals surface area (Å²) in [5.74, 6) is -0.535. The number of nitriles is 1. The summed E-state index contributed by atoms with van der Waals surface area (Å²) in [6, 6.07) is 6.98. The molecule has 4 nitrogen and oxygen atoms in total. The second-order valence-corrected chi connectivity index (χ2v) is 5.14. The fourth-order valence-electron chi connectivity index (χ4n) is 1.90. The minimum Gasteiger partial charge on any atom is -0.245 e. The van der Waals surface area contributed by atoms with Gasteiger partial charge in [0.25, 0.3) is 0 Å². The van der Waals surface area contributed by atoms with Crippen LogP contribution in [-0.4, -0.2) is 14.8 Å². The maximum Gasteiger partial charge on any atom is 0.169 e. The molecule has 2 aromatic heterocycles. The molecule has 0 saturated heterocycles. The van der Waals surface area contributed by atoms with Gasteiger partial charge in [0.15, 0.2) is 5.82 Å². The lowest BCUT2D eigenvalue weighted by Crippen LogP contribution is -1.99. The number of benzene rings is 1. The Bertz CT molecular complexity index is 830. The molecule has 2 heterocycles. The molecular weight excluding hydrogens is 347 g/mol. The molecule has 7 heteroatoms. The summed E-state index contributed by atoms with van der Waals surface area (Å²) in [4.78, 5) is 3.87. The summed E-state index contributed by atoms with van der Waals surface area (Å²) in [5, 5.41) is 14.2. The third-order valence-electron chi connectivity index (χ3n) is 2.79. The van der Waals surface area contributed by atoms with E-state index in [-0.39, 0.29) is 5.52 Å². The van der Waals surface area contributed by atoms with E-state index in [1.54, 1.807) is 24.4 Å². The highest BCUT2D eigenvalue weighted by Gasteiger charge is 2.15. The molecule has 0 radical (unpaired) electrons. The van der Waals surface area contributed by atoms with Crippen LogP contribution in [0, 0.1) is 17.1 Å². The maximum atomic E-state index is 13.7. The van der Waals surface area contributed by atoms with Crippen molar-refractivity contribution in [3.05, 3.63) is 51.6 Å². The van der Waals surface area contributed by atoms with Gasteiger partial charge in [0.1, 0.15) is 21.9 Å². The van der Waals surface area contributed by atoms with Gasteiger partial charge in [-0.25, -0.2) is 14.1 Å². The average Bonchev–Trinajstić information content (AvgIpc) is 2.88. The monoisotopic (exact) mass is 350 g/mol. The molecule has 0 N–H and O–H groups in total. The Morgan fingerprint density at radius 3 is 2.90 bits per heavy atom. The van der Waals surface area contributed by atoms with Crippen LogP contribution in [0.5, 0.6) is 0 Å². The predicted molar refractivity (Wildman–Crippen MR) is 76.2 cm³/mol. The number of para-hydroxylation sites is 1. The lowest BCUT2D eigenvalue weighted by molar-refractivity contribution is 0.628. The molecule has 0 aliphatic carbocycles. The van der Waals surface area contributed by atoms with Crippen molar-refractivity contribution < 1.29 is 4.39 Å². The van der Waals surface area contributed by atoms with Crippen molar-refractivity contribution >= 4 is 38.4 Å². The molecule has 0 atom stereocenters. The average molecular weight is 352 g/mol. The molecule has 0 aliphatic rings. The highest BCUT2D eigenvalue weighted by atomic mass is 79.9. The van der Waals surface area contributed by atoms with Crippen LogP contribution in [0.25, 0.3) is 16.6 Å². The molecular formula is C13H5BrClFN4. The Kier molecular flexibility index (Phi) is 3.16. The third kappa shape index (κ3) is 1.96. The zero-order valence-electron chi connectivity index (χ0n) is 9.81. The number of rotatable bonds is 1. The quantitative estimate of drug-likeness (QED) is 0.626. The fraction of sp³-hybridized carbons (Fsp3) is 0. The van der Waals surface area contributed by atoms with E-state index in [9.17, 15) is 4.39 Å². The van der Waals surface area contributed by atoms with Crippen molar-refractivity contribution in [2.24, 2.45) is 0 Å². The number of halogens is 3. The van der Waals surface area contributed by atoms with Crippen LogP contribution >= 0.6 is 27.5 Å². The fourth-order valence-corrected chi connectivity index (χ4v) is 2.55. The first kappa shape index (κ1) is 13.0. The lowest BCUT2D eigenvalue weighted by Gasteiger charge is -2.05. The normalized spacial score (nSPS) is 10.7. The molecule has 0 unspecified atom stereocenters. The number of aromatic nitrogens is 3. The van der Waals surface area contributed by atoms with E-state index in [1.165, 1.54) is 4.68 Å². The Morgan fingerprint density at radius 2 is 2.20 bits per heavy atom. The van der Waals surface area contributed by atoms with E-state index in [0.717, 1.165) is 6.20 Å². The van der Waals surface area contributed by atoms with Crippen molar-refractivity contribution in [2.75, 3.05) is 0 Å².